The Morgan fingerprint density at radius 3 is 2.12 bits per heavy atom. The predicted molar refractivity (Wildman–Crippen MR) is 100 cm³/mol. The topological polar surface area (TPSA) is 47.6 Å². The van der Waals surface area contributed by atoms with Crippen LogP contribution in [0.15, 0.2) is 48.5 Å². The highest BCUT2D eigenvalue weighted by Crippen LogP contribution is 2.19. The minimum absolute atomic E-state index is 0.110. The molecule has 4 heteroatoms. The molecule has 134 valence electrons. The van der Waals surface area contributed by atoms with E-state index in [1.54, 1.807) is 14.0 Å². The van der Waals surface area contributed by atoms with Crippen LogP contribution in [0.4, 0.5) is 0 Å². The van der Waals surface area contributed by atoms with Gasteiger partial charge in [0.05, 0.1) is 7.11 Å². The second-order valence-electron chi connectivity index (χ2n) is 6.37. The SMILES string of the molecule is COc1ccc(CCNC(=O)C(C)Oc2ccc(C(C)C)cc2)cc1. The van der Waals surface area contributed by atoms with E-state index in [4.69, 9.17) is 9.47 Å². The summed E-state index contributed by atoms with van der Waals surface area (Å²) in [5.74, 6) is 1.91. The van der Waals surface area contributed by atoms with Crippen LogP contribution in [0, 0.1) is 0 Å². The maximum absolute atomic E-state index is 12.2. The van der Waals surface area contributed by atoms with Crippen molar-refractivity contribution in [1.82, 2.24) is 5.32 Å². The van der Waals surface area contributed by atoms with Crippen LogP contribution >= 0.6 is 0 Å². The maximum atomic E-state index is 12.2. The molecule has 0 spiro atoms. The lowest BCUT2D eigenvalue weighted by Gasteiger charge is -2.15. The van der Waals surface area contributed by atoms with Crippen molar-refractivity contribution in [2.45, 2.75) is 39.2 Å². The normalized spacial score (nSPS) is 11.9. The number of carbonyl (C=O) groups is 1. The first kappa shape index (κ1) is 18.8. The molecule has 4 nitrogen and oxygen atoms in total. The highest BCUT2D eigenvalue weighted by Gasteiger charge is 2.14. The van der Waals surface area contributed by atoms with Crippen LogP contribution in [-0.2, 0) is 11.2 Å². The number of hydrogen-bond acceptors (Lipinski definition) is 3. The van der Waals surface area contributed by atoms with E-state index in [2.05, 4.69) is 19.2 Å². The summed E-state index contributed by atoms with van der Waals surface area (Å²) < 4.78 is 10.8. The molecule has 25 heavy (non-hydrogen) atoms. The number of hydrogen-bond donors (Lipinski definition) is 1. The van der Waals surface area contributed by atoms with Gasteiger partial charge < -0.3 is 14.8 Å². The van der Waals surface area contributed by atoms with Gasteiger partial charge >= 0.3 is 0 Å². The van der Waals surface area contributed by atoms with Gasteiger partial charge in [-0.2, -0.15) is 0 Å². The summed E-state index contributed by atoms with van der Waals surface area (Å²) in [5.41, 5.74) is 2.41. The van der Waals surface area contributed by atoms with Gasteiger partial charge in [0.1, 0.15) is 11.5 Å². The van der Waals surface area contributed by atoms with Crippen LogP contribution in [0.25, 0.3) is 0 Å². The zero-order chi connectivity index (χ0) is 18.2. The largest absolute Gasteiger partial charge is 0.497 e. The number of ether oxygens (including phenoxy) is 2. The summed E-state index contributed by atoms with van der Waals surface area (Å²) in [6.45, 7) is 6.63. The van der Waals surface area contributed by atoms with Gasteiger partial charge in [-0.05, 0) is 54.7 Å². The number of carbonyl (C=O) groups excluding carboxylic acids is 1. The third-order valence-corrected chi connectivity index (χ3v) is 4.10. The van der Waals surface area contributed by atoms with Gasteiger partial charge in [-0.15, -0.1) is 0 Å². The lowest BCUT2D eigenvalue weighted by molar-refractivity contribution is -0.127. The first-order valence-electron chi connectivity index (χ1n) is 8.67. The molecular weight excluding hydrogens is 314 g/mol. The van der Waals surface area contributed by atoms with E-state index in [-0.39, 0.29) is 5.91 Å². The molecule has 0 radical (unpaired) electrons. The summed E-state index contributed by atoms with van der Waals surface area (Å²) >= 11 is 0. The molecule has 0 aromatic heterocycles. The summed E-state index contributed by atoms with van der Waals surface area (Å²) in [6, 6.07) is 15.7. The molecule has 0 heterocycles. The fourth-order valence-electron chi connectivity index (χ4n) is 2.45. The molecule has 0 aliphatic rings. The smallest absolute Gasteiger partial charge is 0.260 e. The van der Waals surface area contributed by atoms with Gasteiger partial charge in [0.15, 0.2) is 6.10 Å². The van der Waals surface area contributed by atoms with E-state index >= 15 is 0 Å². The number of amides is 1. The molecule has 0 bridgehead atoms. The second kappa shape index (κ2) is 9.11. The van der Waals surface area contributed by atoms with Gasteiger partial charge in [-0.1, -0.05) is 38.1 Å². The number of nitrogens with one attached hydrogen (secondary N) is 1. The Hall–Kier alpha value is -2.49. The summed E-state index contributed by atoms with van der Waals surface area (Å²) in [4.78, 5) is 12.2. The number of benzene rings is 2. The van der Waals surface area contributed by atoms with E-state index in [0.717, 1.165) is 17.7 Å². The third kappa shape index (κ3) is 5.82. The first-order valence-corrected chi connectivity index (χ1v) is 8.67. The molecule has 0 saturated heterocycles. The molecule has 0 fully saturated rings. The molecular formula is C21H27NO3. The van der Waals surface area contributed by atoms with Crippen molar-refractivity contribution in [2.24, 2.45) is 0 Å². The fraction of sp³-hybridized carbons (Fsp3) is 0.381. The Labute approximate surface area is 150 Å². The van der Waals surface area contributed by atoms with E-state index in [1.165, 1.54) is 5.56 Å². The van der Waals surface area contributed by atoms with Gasteiger partial charge in [-0.3, -0.25) is 4.79 Å². The average molecular weight is 341 g/mol. The van der Waals surface area contributed by atoms with Crippen LogP contribution in [0.3, 0.4) is 0 Å². The molecule has 1 N–H and O–H groups in total. The highest BCUT2D eigenvalue weighted by molar-refractivity contribution is 5.80. The lowest BCUT2D eigenvalue weighted by atomic mass is 10.0. The molecule has 0 saturated carbocycles. The number of rotatable bonds is 8. The van der Waals surface area contributed by atoms with Crippen molar-refractivity contribution in [3.8, 4) is 11.5 Å². The van der Waals surface area contributed by atoms with E-state index in [9.17, 15) is 4.79 Å². The van der Waals surface area contributed by atoms with E-state index in [1.807, 2.05) is 48.5 Å². The minimum atomic E-state index is -0.527. The van der Waals surface area contributed by atoms with Crippen molar-refractivity contribution in [3.63, 3.8) is 0 Å². The molecule has 2 aromatic carbocycles. The summed E-state index contributed by atoms with van der Waals surface area (Å²) in [7, 11) is 1.65. The minimum Gasteiger partial charge on any atom is -0.497 e. The lowest BCUT2D eigenvalue weighted by Crippen LogP contribution is -2.37. The second-order valence-corrected chi connectivity index (χ2v) is 6.37. The van der Waals surface area contributed by atoms with Gasteiger partial charge in [0.25, 0.3) is 5.91 Å². The Balaban J connectivity index is 1.77. The monoisotopic (exact) mass is 341 g/mol. The van der Waals surface area contributed by atoms with Crippen molar-refractivity contribution in [3.05, 3.63) is 59.7 Å². The molecule has 1 atom stereocenters. The standard InChI is InChI=1S/C21H27NO3/c1-15(2)18-7-11-20(12-8-18)25-16(3)21(23)22-14-13-17-5-9-19(24-4)10-6-17/h5-12,15-16H,13-14H2,1-4H3,(H,22,23). The molecule has 0 aliphatic carbocycles. The zero-order valence-electron chi connectivity index (χ0n) is 15.4. The van der Waals surface area contributed by atoms with Gasteiger partial charge in [-0.25, -0.2) is 0 Å². The fourth-order valence-corrected chi connectivity index (χ4v) is 2.45. The molecule has 2 aromatic rings. The Bertz CT molecular complexity index is 663. The summed E-state index contributed by atoms with van der Waals surface area (Å²) in [6.07, 6.45) is 0.242. The van der Waals surface area contributed by atoms with Crippen LogP contribution in [0.5, 0.6) is 11.5 Å². The van der Waals surface area contributed by atoms with Gasteiger partial charge in [0, 0.05) is 6.54 Å². The van der Waals surface area contributed by atoms with E-state index < -0.39 is 6.10 Å². The van der Waals surface area contributed by atoms with Gasteiger partial charge in [0.2, 0.25) is 0 Å². The van der Waals surface area contributed by atoms with E-state index in [0.29, 0.717) is 18.2 Å². The molecule has 1 amide bonds. The van der Waals surface area contributed by atoms with Crippen molar-refractivity contribution >= 4 is 5.91 Å². The summed E-state index contributed by atoms with van der Waals surface area (Å²) in [5, 5.41) is 2.91. The molecule has 0 aliphatic heterocycles. The quantitative estimate of drug-likeness (QED) is 0.791. The highest BCUT2D eigenvalue weighted by atomic mass is 16.5. The van der Waals surface area contributed by atoms with Crippen LogP contribution in [0.1, 0.15) is 37.8 Å². The van der Waals surface area contributed by atoms with Crippen LogP contribution < -0.4 is 14.8 Å². The maximum Gasteiger partial charge on any atom is 0.260 e. The van der Waals surface area contributed by atoms with Crippen molar-refractivity contribution in [2.75, 3.05) is 13.7 Å². The predicted octanol–water partition coefficient (Wildman–Crippen LogP) is 3.94. The van der Waals surface area contributed by atoms with Crippen molar-refractivity contribution < 1.29 is 14.3 Å². The Morgan fingerprint density at radius 2 is 1.56 bits per heavy atom. The Kier molecular flexibility index (Phi) is 6.87. The zero-order valence-corrected chi connectivity index (χ0v) is 15.4. The molecule has 1 unspecified atom stereocenters. The number of methoxy groups -OCH3 is 1. The van der Waals surface area contributed by atoms with Crippen LogP contribution in [0.2, 0.25) is 0 Å². The van der Waals surface area contributed by atoms with Crippen LogP contribution in [-0.4, -0.2) is 25.7 Å². The first-order chi connectivity index (χ1) is 12.0. The average Bonchev–Trinajstić information content (AvgIpc) is 2.62. The van der Waals surface area contributed by atoms with Crippen molar-refractivity contribution in [1.29, 1.82) is 0 Å². The Morgan fingerprint density at radius 1 is 0.960 bits per heavy atom. The molecule has 2 rings (SSSR count). The third-order valence-electron chi connectivity index (χ3n) is 4.10.